The number of rotatable bonds is 3. The summed E-state index contributed by atoms with van der Waals surface area (Å²) < 4.78 is 102. The highest BCUT2D eigenvalue weighted by atomic mass is 32.2. The highest BCUT2D eigenvalue weighted by Crippen LogP contribution is 2.38. The summed E-state index contributed by atoms with van der Waals surface area (Å²) in [6.07, 6.45) is 1.12. The van der Waals surface area contributed by atoms with Gasteiger partial charge in [-0.1, -0.05) is 0 Å². The van der Waals surface area contributed by atoms with Crippen LogP contribution in [0.5, 0.6) is 17.2 Å². The first kappa shape index (κ1) is 30.3. The van der Waals surface area contributed by atoms with Crippen molar-refractivity contribution in [1.29, 1.82) is 0 Å². The number of hydrogen-bond donors (Lipinski definition) is 6. The van der Waals surface area contributed by atoms with Crippen LogP contribution in [0.4, 0.5) is 0 Å². The van der Waals surface area contributed by atoms with Gasteiger partial charge < -0.3 is 15.3 Å². The number of nitrogens with zero attached hydrogens (tertiary/aromatic N) is 2. The first-order valence-corrected chi connectivity index (χ1v) is 16.5. The van der Waals surface area contributed by atoms with Crippen LogP contribution in [0, 0.1) is 0 Å². The number of benzene rings is 3. The van der Waals surface area contributed by atoms with Gasteiger partial charge in [0, 0.05) is 71.5 Å². The minimum atomic E-state index is -4.91. The van der Waals surface area contributed by atoms with Crippen LogP contribution >= 0.6 is 0 Å². The summed E-state index contributed by atoms with van der Waals surface area (Å²) in [7, 11) is -14.5. The molecule has 0 unspecified atom stereocenters. The lowest BCUT2D eigenvalue weighted by atomic mass is 9.94. The van der Waals surface area contributed by atoms with Crippen LogP contribution < -0.4 is 0 Å². The molecule has 1 aromatic heterocycles. The van der Waals surface area contributed by atoms with E-state index in [9.17, 15) is 54.2 Å². The molecule has 0 radical (unpaired) electrons. The molecule has 2 heterocycles. The molecule has 0 aliphatic carbocycles. The van der Waals surface area contributed by atoms with E-state index in [1.165, 1.54) is 12.4 Å². The summed E-state index contributed by atoms with van der Waals surface area (Å²) >= 11 is 0. The first-order valence-electron chi connectivity index (χ1n) is 12.2. The van der Waals surface area contributed by atoms with Crippen LogP contribution in [0.15, 0.2) is 63.5 Å². The standard InChI is InChI=1S/C26H22N2O12S3/c29-24-13-1-15-7-22(42(35,36)37)9-17(25(15)30)3-19-11-27-12-20(28-19)4-18-10-23(43(38,39)40)8-16(26(18)31)2-14(24)6-21(5-13)41(32,33)34/h5-12,29-31H,1-4H2,(H,32,33,34)(H,35,36,37)(H,38,39,40). The van der Waals surface area contributed by atoms with Crippen LogP contribution in [0.1, 0.15) is 44.8 Å². The third kappa shape index (κ3) is 6.31. The SMILES string of the molecule is O=S(=O)(O)c1cc2c(O)c(c1)Cc1cc(S(=O)(=O)O)cc(c1O)Cc1cc(S(=O)(=O)O)cc(c1O)Cc1cncc(n1)C2. The van der Waals surface area contributed by atoms with Gasteiger partial charge in [0.2, 0.25) is 0 Å². The van der Waals surface area contributed by atoms with Gasteiger partial charge in [-0.3, -0.25) is 23.6 Å². The second kappa shape index (κ2) is 10.5. The molecule has 8 bridgehead atoms. The molecule has 0 amide bonds. The molecule has 226 valence electrons. The van der Waals surface area contributed by atoms with Crippen LogP contribution in [-0.4, -0.2) is 64.2 Å². The molecule has 4 aromatic rings. The Kier molecular flexibility index (Phi) is 7.44. The lowest BCUT2D eigenvalue weighted by Gasteiger charge is -2.17. The summed E-state index contributed by atoms with van der Waals surface area (Å²) in [5.41, 5.74) is -0.440. The van der Waals surface area contributed by atoms with Gasteiger partial charge in [0.25, 0.3) is 30.4 Å². The van der Waals surface area contributed by atoms with Gasteiger partial charge in [0.15, 0.2) is 0 Å². The van der Waals surface area contributed by atoms with Crippen LogP contribution in [-0.2, 0) is 56.0 Å². The average molecular weight is 651 g/mol. The number of aromatic hydroxyl groups is 3. The molecule has 0 spiro atoms. The number of hydrogen-bond acceptors (Lipinski definition) is 11. The molecule has 0 saturated carbocycles. The summed E-state index contributed by atoms with van der Waals surface area (Å²) in [6.45, 7) is 0. The summed E-state index contributed by atoms with van der Waals surface area (Å²) in [5, 5.41) is 33.3. The van der Waals surface area contributed by atoms with E-state index in [0.29, 0.717) is 0 Å². The van der Waals surface area contributed by atoms with E-state index < -0.39 is 75.1 Å². The second-order valence-electron chi connectivity index (χ2n) is 9.90. The van der Waals surface area contributed by atoms with E-state index >= 15 is 0 Å². The number of aromatic nitrogens is 2. The molecule has 3 aromatic carbocycles. The van der Waals surface area contributed by atoms with Gasteiger partial charge >= 0.3 is 0 Å². The van der Waals surface area contributed by atoms with Crippen molar-refractivity contribution in [3.05, 3.63) is 93.6 Å². The van der Waals surface area contributed by atoms with E-state index in [4.69, 9.17) is 0 Å². The maximum Gasteiger partial charge on any atom is 0.294 e. The summed E-state index contributed by atoms with van der Waals surface area (Å²) in [5.74, 6) is -1.50. The van der Waals surface area contributed by atoms with Crippen LogP contribution in [0.2, 0.25) is 0 Å². The Morgan fingerprint density at radius 2 is 0.721 bits per heavy atom. The molecule has 1 aliphatic heterocycles. The zero-order valence-electron chi connectivity index (χ0n) is 21.7. The number of fused-ring (bicyclic) bond motifs is 8. The van der Waals surface area contributed by atoms with Crippen LogP contribution in [0.25, 0.3) is 0 Å². The van der Waals surface area contributed by atoms with E-state index in [1.54, 1.807) is 0 Å². The van der Waals surface area contributed by atoms with E-state index in [1.807, 2.05) is 0 Å². The van der Waals surface area contributed by atoms with E-state index in [-0.39, 0.29) is 57.6 Å². The van der Waals surface area contributed by atoms with E-state index in [2.05, 4.69) is 9.97 Å². The molecule has 0 saturated heterocycles. The molecule has 6 N–H and O–H groups in total. The molecule has 17 heteroatoms. The molecule has 14 nitrogen and oxygen atoms in total. The lowest BCUT2D eigenvalue weighted by Crippen LogP contribution is -2.08. The fourth-order valence-corrected chi connectivity index (χ4v) is 6.61. The Hall–Kier alpha value is -4.13. The van der Waals surface area contributed by atoms with Crippen molar-refractivity contribution in [3.8, 4) is 17.2 Å². The van der Waals surface area contributed by atoms with Crippen molar-refractivity contribution in [2.75, 3.05) is 0 Å². The van der Waals surface area contributed by atoms with E-state index in [0.717, 1.165) is 36.4 Å². The fourth-order valence-electron chi connectivity index (χ4n) is 4.86. The average Bonchev–Trinajstić information content (AvgIpc) is 2.88. The topological polar surface area (TPSA) is 250 Å². The highest BCUT2D eigenvalue weighted by Gasteiger charge is 2.25. The molecule has 1 aliphatic rings. The molecule has 5 rings (SSSR count). The van der Waals surface area contributed by atoms with Gasteiger partial charge in [-0.15, -0.1) is 0 Å². The van der Waals surface area contributed by atoms with Crippen molar-refractivity contribution < 1.29 is 54.2 Å². The van der Waals surface area contributed by atoms with Gasteiger partial charge in [-0.05, 0) is 36.4 Å². The molecule has 0 fully saturated rings. The monoisotopic (exact) mass is 650 g/mol. The lowest BCUT2D eigenvalue weighted by molar-refractivity contribution is 0.452. The second-order valence-corrected chi connectivity index (χ2v) is 14.2. The van der Waals surface area contributed by atoms with Crippen molar-refractivity contribution in [2.45, 2.75) is 40.4 Å². The Balaban J connectivity index is 1.85. The van der Waals surface area contributed by atoms with Crippen molar-refractivity contribution >= 4 is 30.4 Å². The van der Waals surface area contributed by atoms with Gasteiger partial charge in [0.05, 0.1) is 26.1 Å². The Morgan fingerprint density at radius 1 is 0.465 bits per heavy atom. The van der Waals surface area contributed by atoms with Gasteiger partial charge in [-0.2, -0.15) is 25.3 Å². The largest absolute Gasteiger partial charge is 0.507 e. The highest BCUT2D eigenvalue weighted by molar-refractivity contribution is 7.86. The van der Waals surface area contributed by atoms with Crippen molar-refractivity contribution in [3.63, 3.8) is 0 Å². The maximum absolute atomic E-state index is 12.1. The predicted molar refractivity (Wildman–Crippen MR) is 147 cm³/mol. The number of phenols is 3. The Morgan fingerprint density at radius 3 is 0.977 bits per heavy atom. The molecule has 0 atom stereocenters. The Bertz CT molecular complexity index is 2020. The maximum atomic E-state index is 12.1. The quantitative estimate of drug-likeness (QED) is 0.153. The summed E-state index contributed by atoms with van der Waals surface area (Å²) in [6, 6.07) is 5.60. The van der Waals surface area contributed by atoms with Crippen molar-refractivity contribution in [2.24, 2.45) is 0 Å². The Labute approximate surface area is 245 Å². The number of phenolic OH excluding ortho intramolecular Hbond substituents is 3. The predicted octanol–water partition coefficient (Wildman–Crippen LogP) is 2.01. The van der Waals surface area contributed by atoms with Crippen molar-refractivity contribution in [1.82, 2.24) is 9.97 Å². The third-order valence-electron chi connectivity index (χ3n) is 6.86. The van der Waals surface area contributed by atoms with Gasteiger partial charge in [-0.25, -0.2) is 0 Å². The molecular formula is C26H22N2O12S3. The fraction of sp³-hybridized carbons (Fsp3) is 0.154. The van der Waals surface area contributed by atoms with Gasteiger partial charge in [0.1, 0.15) is 17.2 Å². The molecule has 43 heavy (non-hydrogen) atoms. The smallest absolute Gasteiger partial charge is 0.294 e. The normalized spacial score (nSPS) is 13.9. The first-order chi connectivity index (χ1) is 19.9. The zero-order chi connectivity index (χ0) is 31.5. The molecular weight excluding hydrogens is 628 g/mol. The minimum absolute atomic E-state index is 0.0344. The summed E-state index contributed by atoms with van der Waals surface area (Å²) in [4.78, 5) is 6.56. The zero-order valence-corrected chi connectivity index (χ0v) is 24.1. The minimum Gasteiger partial charge on any atom is -0.507 e. The van der Waals surface area contributed by atoms with Crippen LogP contribution in [0.3, 0.4) is 0 Å². The third-order valence-corrected chi connectivity index (χ3v) is 9.35.